The molecule has 1 aliphatic heterocycles. The topological polar surface area (TPSA) is 102 Å². The van der Waals surface area contributed by atoms with Crippen molar-refractivity contribution in [2.45, 2.75) is 110 Å². The minimum atomic E-state index is -1.89. The summed E-state index contributed by atoms with van der Waals surface area (Å²) in [5.74, 6) is -0.575. The molecule has 3 aromatic rings. The van der Waals surface area contributed by atoms with Crippen LogP contribution >= 0.6 is 11.3 Å². The Morgan fingerprint density at radius 1 is 1.04 bits per heavy atom. The molecule has 1 saturated heterocycles. The van der Waals surface area contributed by atoms with Crippen molar-refractivity contribution in [1.29, 1.82) is 5.26 Å². The highest BCUT2D eigenvalue weighted by Gasteiger charge is 2.37. The number of amides is 1. The number of Topliss-reactive ketones (excluding diaryl/α,β-unsaturated/α-hetero) is 1. The molecule has 0 N–H and O–H groups in total. The van der Waals surface area contributed by atoms with E-state index in [-0.39, 0.29) is 22.1 Å². The number of carbonyl (C=O) groups is 2. The van der Waals surface area contributed by atoms with E-state index in [1.165, 1.54) is 11.3 Å². The second-order valence-corrected chi connectivity index (χ2v) is 20.7. The Balaban J connectivity index is 1.40. The van der Waals surface area contributed by atoms with Crippen molar-refractivity contribution >= 4 is 41.7 Å². The summed E-state index contributed by atoms with van der Waals surface area (Å²) in [5, 5.41) is 10.0. The zero-order valence-corrected chi connectivity index (χ0v) is 30.5. The van der Waals surface area contributed by atoms with E-state index >= 15 is 0 Å². The van der Waals surface area contributed by atoms with Crippen LogP contribution in [0.25, 0.3) is 21.3 Å². The lowest BCUT2D eigenvalue weighted by molar-refractivity contribution is -0.126. The van der Waals surface area contributed by atoms with Crippen LogP contribution in [0.3, 0.4) is 0 Å². The molecular weight excluding hydrogens is 615 g/mol. The number of aromatic nitrogens is 1. The van der Waals surface area contributed by atoms with Gasteiger partial charge in [0.1, 0.15) is 5.60 Å². The summed E-state index contributed by atoms with van der Waals surface area (Å²) in [7, 11) is -1.89. The van der Waals surface area contributed by atoms with Crippen molar-refractivity contribution in [3.05, 3.63) is 57.7 Å². The molecule has 2 atom stereocenters. The maximum Gasteiger partial charge on any atom is 0.410 e. The zero-order valence-electron chi connectivity index (χ0n) is 28.6. The van der Waals surface area contributed by atoms with Crippen molar-refractivity contribution in [2.24, 2.45) is 5.92 Å². The fraction of sp³-hybridized carbons (Fsp3) is 0.556. The predicted molar refractivity (Wildman–Crippen MR) is 188 cm³/mol. The van der Waals surface area contributed by atoms with Gasteiger partial charge in [-0.2, -0.15) is 5.26 Å². The second-order valence-electron chi connectivity index (χ2n) is 14.9. The van der Waals surface area contributed by atoms with E-state index < -0.39 is 32.0 Å². The van der Waals surface area contributed by atoms with E-state index in [9.17, 15) is 19.6 Å². The van der Waals surface area contributed by atoms with E-state index in [1.807, 2.05) is 61.7 Å². The molecule has 46 heavy (non-hydrogen) atoms. The predicted octanol–water partition coefficient (Wildman–Crippen LogP) is 8.18. The van der Waals surface area contributed by atoms with E-state index in [1.54, 1.807) is 4.90 Å². The normalized spacial score (nSPS) is 16.7. The highest BCUT2D eigenvalue weighted by atomic mass is 32.1. The van der Waals surface area contributed by atoms with Gasteiger partial charge in [-0.1, -0.05) is 62.4 Å². The van der Waals surface area contributed by atoms with Gasteiger partial charge in [-0.15, -0.1) is 0 Å². The van der Waals surface area contributed by atoms with E-state index in [4.69, 9.17) is 9.16 Å². The van der Waals surface area contributed by atoms with Gasteiger partial charge < -0.3 is 9.16 Å². The van der Waals surface area contributed by atoms with Crippen LogP contribution in [-0.4, -0.2) is 54.5 Å². The molecule has 4 rings (SSSR count). The van der Waals surface area contributed by atoms with E-state index in [0.717, 1.165) is 39.7 Å². The number of rotatable bonds is 10. The molecule has 1 aliphatic rings. The van der Waals surface area contributed by atoms with Crippen LogP contribution in [0.5, 0.6) is 0 Å². The molecule has 248 valence electrons. The van der Waals surface area contributed by atoms with Gasteiger partial charge in [0.05, 0.1) is 34.9 Å². The summed E-state index contributed by atoms with van der Waals surface area (Å²) in [6, 6.07) is 15.9. The minimum absolute atomic E-state index is 0.0147. The average Bonchev–Trinajstić information content (AvgIpc) is 3.29. The Bertz CT molecular complexity index is 1640. The van der Waals surface area contributed by atoms with Gasteiger partial charge in [0, 0.05) is 19.5 Å². The number of carbonyl (C=O) groups excluding carboxylic acids is 2. The number of hydrogen-bond donors (Lipinski definition) is 0. The van der Waals surface area contributed by atoms with Crippen LogP contribution in [-0.2, 0) is 26.9 Å². The van der Waals surface area contributed by atoms with Gasteiger partial charge in [-0.3, -0.25) is 19.1 Å². The van der Waals surface area contributed by atoms with Crippen LogP contribution < -0.4 is 4.87 Å². The molecule has 0 unspecified atom stereocenters. The third kappa shape index (κ3) is 8.75. The molecule has 1 aromatic heterocycles. The number of ketones is 1. The number of fused-ring (bicyclic) bond motifs is 1. The average molecular weight is 664 g/mol. The van der Waals surface area contributed by atoms with Crippen molar-refractivity contribution in [2.75, 3.05) is 13.2 Å². The van der Waals surface area contributed by atoms with Crippen molar-refractivity contribution in [3.8, 4) is 17.2 Å². The first-order valence-corrected chi connectivity index (χ1v) is 20.0. The number of piperidine rings is 1. The summed E-state index contributed by atoms with van der Waals surface area (Å²) in [5.41, 5.74) is 3.27. The third-order valence-electron chi connectivity index (χ3n) is 9.15. The molecule has 10 heteroatoms. The number of likely N-dealkylation sites (tertiary alicyclic amines) is 1. The van der Waals surface area contributed by atoms with Gasteiger partial charge in [-0.05, 0) is 93.4 Å². The summed E-state index contributed by atoms with van der Waals surface area (Å²) >= 11 is 1.25. The maximum atomic E-state index is 13.3. The number of ether oxygens (including phenoxy) is 1. The first-order valence-electron chi connectivity index (χ1n) is 16.3. The van der Waals surface area contributed by atoms with Crippen molar-refractivity contribution in [1.82, 2.24) is 9.47 Å². The van der Waals surface area contributed by atoms with Crippen molar-refractivity contribution in [3.63, 3.8) is 0 Å². The van der Waals surface area contributed by atoms with Gasteiger partial charge >= 0.3 is 11.0 Å². The fourth-order valence-corrected chi connectivity index (χ4v) is 7.52. The minimum Gasteiger partial charge on any atom is -0.444 e. The van der Waals surface area contributed by atoms with Gasteiger partial charge in [0.25, 0.3) is 0 Å². The Morgan fingerprint density at radius 2 is 1.72 bits per heavy atom. The first-order chi connectivity index (χ1) is 21.5. The largest absolute Gasteiger partial charge is 0.444 e. The van der Waals surface area contributed by atoms with Gasteiger partial charge in [0.15, 0.2) is 14.1 Å². The Morgan fingerprint density at radius 3 is 2.35 bits per heavy atom. The fourth-order valence-electron chi connectivity index (χ4n) is 5.53. The number of thiazole rings is 1. The van der Waals surface area contributed by atoms with Gasteiger partial charge in [-0.25, -0.2) is 4.79 Å². The third-order valence-corrected chi connectivity index (χ3v) is 14.6. The lowest BCUT2D eigenvalue weighted by Crippen LogP contribution is -2.50. The lowest BCUT2D eigenvalue weighted by Gasteiger charge is -2.36. The summed E-state index contributed by atoms with van der Waals surface area (Å²) in [6.07, 6.45) is 2.37. The van der Waals surface area contributed by atoms with Crippen LogP contribution in [0.2, 0.25) is 18.1 Å². The molecule has 1 fully saturated rings. The lowest BCUT2D eigenvalue weighted by atomic mass is 9.89. The molecule has 2 aromatic carbocycles. The maximum absolute atomic E-state index is 13.3. The molecule has 0 aliphatic carbocycles. The number of nitriles is 1. The summed E-state index contributed by atoms with van der Waals surface area (Å²) in [6.45, 7) is 18.1. The quantitative estimate of drug-likeness (QED) is 0.203. The monoisotopic (exact) mass is 663 g/mol. The molecule has 0 radical (unpaired) electrons. The van der Waals surface area contributed by atoms with Crippen LogP contribution in [0, 0.1) is 17.2 Å². The van der Waals surface area contributed by atoms with E-state index in [2.05, 4.69) is 46.0 Å². The number of hydrogen-bond acceptors (Lipinski definition) is 7. The molecule has 1 amide bonds. The smallest absolute Gasteiger partial charge is 0.410 e. The molecule has 0 bridgehead atoms. The Hall–Kier alpha value is -3.26. The van der Waals surface area contributed by atoms with Crippen molar-refractivity contribution < 1.29 is 18.8 Å². The Labute approximate surface area is 278 Å². The second kappa shape index (κ2) is 14.2. The number of nitrogens with zero attached hydrogens (tertiary/aromatic N) is 3. The Kier molecular flexibility index (Phi) is 11.0. The molecule has 0 spiro atoms. The van der Waals surface area contributed by atoms with Gasteiger partial charge in [0.2, 0.25) is 0 Å². The van der Waals surface area contributed by atoms with E-state index in [0.29, 0.717) is 32.5 Å². The molecule has 2 heterocycles. The van der Waals surface area contributed by atoms with Crippen LogP contribution in [0.15, 0.2) is 47.3 Å². The van der Waals surface area contributed by atoms with Crippen LogP contribution in [0.4, 0.5) is 4.79 Å². The highest BCUT2D eigenvalue weighted by Crippen LogP contribution is 2.36. The molecule has 0 saturated carbocycles. The molecular formula is C36H49N3O5SSi. The summed E-state index contributed by atoms with van der Waals surface area (Å²) < 4.78 is 14.6. The number of benzene rings is 2. The highest BCUT2D eigenvalue weighted by molar-refractivity contribution is 7.16. The molecule has 8 nitrogen and oxygen atoms in total. The first kappa shape index (κ1) is 35.6. The SMILES string of the molecule is CC(C)(C)OC(=O)N1CCCC[C@H]1C(=O)C[C@H](C#N)Cc1ccc(-c2ccc3c(c2)sc(=O)n3CCO[Si](C)(C)C(C)(C)C)cc1. The standard InChI is InChI=1S/C36H49N3O5SSi/c1-35(2,3)44-33(41)38-18-10-9-11-29(38)31(40)22-26(24-37)21-25-12-14-27(15-13-25)28-16-17-30-32(23-28)45-34(42)39(30)19-20-43-46(7,8)36(4,5)6/h12-17,23,26,29H,9-11,18-22H2,1-8H3/t26-,29+/m1/s1. The summed E-state index contributed by atoms with van der Waals surface area (Å²) in [4.78, 5) is 40.5. The zero-order chi connectivity index (χ0) is 33.9. The van der Waals surface area contributed by atoms with Crippen LogP contribution in [0.1, 0.15) is 72.8 Å².